The van der Waals surface area contributed by atoms with Gasteiger partial charge in [-0.2, -0.15) is 0 Å². The van der Waals surface area contributed by atoms with Gasteiger partial charge in [0.05, 0.1) is 22.4 Å². The second-order valence-electron chi connectivity index (χ2n) is 10.5. The molecule has 1 fully saturated rings. The van der Waals surface area contributed by atoms with Crippen LogP contribution in [0.3, 0.4) is 0 Å². The Hall–Kier alpha value is -3.96. The number of likely N-dealkylation sites (tertiary alicyclic amines) is 1. The zero-order valence-corrected chi connectivity index (χ0v) is 20.3. The first-order chi connectivity index (χ1) is 18.1. The summed E-state index contributed by atoms with van der Waals surface area (Å²) in [6.07, 6.45) is 6.98. The van der Waals surface area contributed by atoms with Gasteiger partial charge in [-0.1, -0.05) is 72.8 Å². The van der Waals surface area contributed by atoms with E-state index in [1.165, 1.54) is 0 Å². The Kier molecular flexibility index (Phi) is 4.05. The Labute approximate surface area is 214 Å². The van der Waals surface area contributed by atoms with Gasteiger partial charge in [-0.05, 0) is 43.5 Å². The zero-order valence-electron chi connectivity index (χ0n) is 20.3. The molecule has 0 saturated carbocycles. The second kappa shape index (κ2) is 7.08. The van der Waals surface area contributed by atoms with Crippen molar-refractivity contribution in [2.45, 2.75) is 12.0 Å². The molecule has 0 N–H and O–H groups in total. The van der Waals surface area contributed by atoms with E-state index in [9.17, 15) is 9.59 Å². The molecule has 1 saturated heterocycles. The number of nitrogens with zero attached hydrogens (tertiary/aromatic N) is 3. The van der Waals surface area contributed by atoms with Crippen LogP contribution in [0.2, 0.25) is 0 Å². The van der Waals surface area contributed by atoms with E-state index < -0.39 is 11.0 Å². The van der Waals surface area contributed by atoms with Crippen molar-refractivity contribution in [3.8, 4) is 11.3 Å². The largest absolute Gasteiger partial charge is 0.293 e. The summed E-state index contributed by atoms with van der Waals surface area (Å²) in [6.45, 7) is 0.571. The average Bonchev–Trinajstić information content (AvgIpc) is 3.67. The second-order valence-corrected chi connectivity index (χ2v) is 10.5. The average molecular weight is 482 g/mol. The summed E-state index contributed by atoms with van der Waals surface area (Å²) in [4.78, 5) is 42.2. The van der Waals surface area contributed by atoms with Crippen molar-refractivity contribution in [1.82, 2.24) is 14.9 Å². The van der Waals surface area contributed by atoms with Gasteiger partial charge < -0.3 is 0 Å². The maximum atomic E-state index is 14.8. The predicted molar refractivity (Wildman–Crippen MR) is 141 cm³/mol. The van der Waals surface area contributed by atoms with Crippen LogP contribution in [0.4, 0.5) is 0 Å². The van der Waals surface area contributed by atoms with Crippen molar-refractivity contribution in [1.29, 1.82) is 0 Å². The number of carbonyl (C=O) groups is 2. The van der Waals surface area contributed by atoms with Crippen molar-refractivity contribution >= 4 is 22.6 Å². The standard InChI is InChI=1S/C32H23N3O2/c1-35-18-24(19-10-2-3-11-19)31(29(36)20-12-4-5-13-21(20)30(31)37)32(35)23-15-7-6-14-22(23)27-28(32)34-26-17-9-8-16-25(26)33-27/h2-10,12-17,24H,11,18H2,1H3/t24-,32-/m0/s1. The molecule has 178 valence electrons. The van der Waals surface area contributed by atoms with E-state index in [0.29, 0.717) is 23.4 Å². The fraction of sp³-hybridized carbons (Fsp3) is 0.188. The molecule has 8 rings (SSSR count). The summed E-state index contributed by atoms with van der Waals surface area (Å²) >= 11 is 0. The molecular formula is C32H23N3O2. The fourth-order valence-electron chi connectivity index (χ4n) is 7.63. The smallest absolute Gasteiger partial charge is 0.180 e. The van der Waals surface area contributed by atoms with E-state index >= 15 is 0 Å². The van der Waals surface area contributed by atoms with Crippen molar-refractivity contribution in [2.75, 3.05) is 13.6 Å². The monoisotopic (exact) mass is 481 g/mol. The van der Waals surface area contributed by atoms with Crippen LogP contribution in [0, 0.1) is 23.7 Å². The molecule has 0 amide bonds. The van der Waals surface area contributed by atoms with Crippen LogP contribution in [0.1, 0.15) is 38.4 Å². The van der Waals surface area contributed by atoms with Gasteiger partial charge in [-0.15, -0.1) is 0 Å². The lowest BCUT2D eigenvalue weighted by molar-refractivity contribution is 0.0426. The Morgan fingerprint density at radius 1 is 0.811 bits per heavy atom. The van der Waals surface area contributed by atoms with Crippen LogP contribution in [0.15, 0.2) is 84.9 Å². The summed E-state index contributed by atoms with van der Waals surface area (Å²) in [7, 11) is 2.04. The predicted octanol–water partition coefficient (Wildman–Crippen LogP) is 5.22. The van der Waals surface area contributed by atoms with E-state index in [1.54, 1.807) is 0 Å². The molecule has 3 aliphatic carbocycles. The molecule has 5 heteroatoms. The number of para-hydroxylation sites is 2. The number of aromatic nitrogens is 2. The third-order valence-electron chi connectivity index (χ3n) is 8.99. The van der Waals surface area contributed by atoms with Crippen molar-refractivity contribution in [2.24, 2.45) is 11.3 Å². The highest BCUT2D eigenvalue weighted by Gasteiger charge is 2.78. The van der Waals surface area contributed by atoms with E-state index in [1.807, 2.05) is 73.8 Å². The minimum absolute atomic E-state index is 0.104. The highest BCUT2D eigenvalue weighted by molar-refractivity contribution is 6.31. The van der Waals surface area contributed by atoms with Crippen molar-refractivity contribution in [3.63, 3.8) is 0 Å². The molecule has 2 atom stereocenters. The number of fused-ring (bicyclic) bond motifs is 8. The Morgan fingerprint density at radius 3 is 2.11 bits per heavy atom. The molecule has 3 aromatic carbocycles. The molecule has 2 spiro atoms. The maximum Gasteiger partial charge on any atom is 0.180 e. The van der Waals surface area contributed by atoms with Crippen LogP contribution in [0.5, 0.6) is 0 Å². The number of carbonyl (C=O) groups excluding carboxylic acids is 2. The molecule has 1 aromatic heterocycles. The molecule has 4 aromatic rings. The minimum Gasteiger partial charge on any atom is -0.293 e. The molecule has 37 heavy (non-hydrogen) atoms. The van der Waals surface area contributed by atoms with Gasteiger partial charge in [0.25, 0.3) is 0 Å². The number of rotatable bonds is 1. The van der Waals surface area contributed by atoms with Gasteiger partial charge >= 0.3 is 0 Å². The zero-order chi connectivity index (χ0) is 24.9. The number of hydrogen-bond donors (Lipinski definition) is 0. The van der Waals surface area contributed by atoms with E-state index in [2.05, 4.69) is 29.5 Å². The molecule has 2 radical (unpaired) electrons. The summed E-state index contributed by atoms with van der Waals surface area (Å²) in [5.41, 5.74) is 3.49. The topological polar surface area (TPSA) is 63.2 Å². The Morgan fingerprint density at radius 2 is 1.43 bits per heavy atom. The highest BCUT2D eigenvalue weighted by Crippen LogP contribution is 2.69. The first-order valence-corrected chi connectivity index (χ1v) is 12.7. The Bertz CT molecular complexity index is 1660. The summed E-state index contributed by atoms with van der Waals surface area (Å²) in [5.74, 6) is 0.630. The summed E-state index contributed by atoms with van der Waals surface area (Å²) in [5, 5.41) is 0. The van der Waals surface area contributed by atoms with Gasteiger partial charge in [0.2, 0.25) is 0 Å². The lowest BCUT2D eigenvalue weighted by atomic mass is 9.56. The number of benzene rings is 3. The molecular weight excluding hydrogens is 458 g/mol. The summed E-state index contributed by atoms with van der Waals surface area (Å²) < 4.78 is 0. The Balaban J connectivity index is 1.53. The van der Waals surface area contributed by atoms with Crippen LogP contribution < -0.4 is 0 Å². The van der Waals surface area contributed by atoms with E-state index in [-0.39, 0.29) is 17.5 Å². The molecule has 4 aliphatic rings. The normalized spacial score (nSPS) is 25.5. The summed E-state index contributed by atoms with van der Waals surface area (Å²) in [6, 6.07) is 23.2. The quantitative estimate of drug-likeness (QED) is 0.349. The first kappa shape index (κ1) is 21.2. The molecule has 2 heterocycles. The minimum atomic E-state index is -1.37. The fourth-order valence-corrected chi connectivity index (χ4v) is 7.63. The maximum absolute atomic E-state index is 14.8. The van der Waals surface area contributed by atoms with Gasteiger partial charge in [-0.3, -0.25) is 14.5 Å². The van der Waals surface area contributed by atoms with Crippen molar-refractivity contribution in [3.05, 3.63) is 120 Å². The first-order valence-electron chi connectivity index (χ1n) is 12.7. The number of allylic oxidation sites excluding steroid dienone is 2. The van der Waals surface area contributed by atoms with Crippen LogP contribution >= 0.6 is 0 Å². The van der Waals surface area contributed by atoms with Crippen molar-refractivity contribution < 1.29 is 9.59 Å². The lowest BCUT2D eigenvalue weighted by Gasteiger charge is -2.45. The number of ketones is 2. The van der Waals surface area contributed by atoms with Gasteiger partial charge in [-0.25, -0.2) is 9.97 Å². The van der Waals surface area contributed by atoms with E-state index in [0.717, 1.165) is 40.2 Å². The van der Waals surface area contributed by atoms with Gasteiger partial charge in [0, 0.05) is 29.2 Å². The van der Waals surface area contributed by atoms with Crippen LogP contribution in [0.25, 0.3) is 22.3 Å². The van der Waals surface area contributed by atoms with Gasteiger partial charge in [0.1, 0.15) is 11.0 Å². The lowest BCUT2D eigenvalue weighted by Crippen LogP contribution is -2.57. The van der Waals surface area contributed by atoms with Crippen LogP contribution in [-0.2, 0) is 5.54 Å². The van der Waals surface area contributed by atoms with E-state index in [4.69, 9.17) is 9.97 Å². The number of hydrogen-bond acceptors (Lipinski definition) is 5. The highest BCUT2D eigenvalue weighted by atomic mass is 16.2. The van der Waals surface area contributed by atoms with Crippen LogP contribution in [-0.4, -0.2) is 40.0 Å². The molecule has 1 aliphatic heterocycles. The number of Topliss-reactive ketones (excluding diaryl/α,β-unsaturated/α-hetero) is 2. The third kappa shape index (κ3) is 2.26. The van der Waals surface area contributed by atoms with Gasteiger partial charge in [0.15, 0.2) is 11.6 Å². The SMILES string of the molecule is CN1C[C@@H]([C]2[CH]C=CC2)C2(C(=O)c3ccccc3C2=O)[C@@]12c1ccccc1-c1nc3ccccc3nc12. The molecule has 5 nitrogen and oxygen atoms in total. The molecule has 0 unspecified atom stereocenters. The third-order valence-corrected chi connectivity index (χ3v) is 8.99. The molecule has 0 bridgehead atoms.